The first-order chi connectivity index (χ1) is 17.7. The maximum Gasteiger partial charge on any atom is 0.334 e. The van der Waals surface area contributed by atoms with Crippen LogP contribution in [0.15, 0.2) is 0 Å². The topological polar surface area (TPSA) is 84.0 Å². The first-order valence-electron chi connectivity index (χ1n) is 14.1. The van der Waals surface area contributed by atoms with E-state index in [1.807, 2.05) is 13.8 Å². The Kier molecular flexibility index (Phi) is 14.5. The molecule has 0 aromatic rings. The first-order valence-corrected chi connectivity index (χ1v) is 17.3. The maximum atomic E-state index is 15.9. The molecule has 1 rings (SSSR count). The molecule has 0 amide bonds. The lowest BCUT2D eigenvalue weighted by Crippen LogP contribution is -2.75. The molecule has 0 aromatic heterocycles. The fourth-order valence-corrected chi connectivity index (χ4v) is 8.22. The van der Waals surface area contributed by atoms with Crippen LogP contribution in [0.4, 0.5) is 17.6 Å². The summed E-state index contributed by atoms with van der Waals surface area (Å²) in [4.78, 5) is 0. The second kappa shape index (κ2) is 15.5. The highest BCUT2D eigenvalue weighted by Crippen LogP contribution is 2.57. The summed E-state index contributed by atoms with van der Waals surface area (Å²) < 4.78 is 120. The van der Waals surface area contributed by atoms with E-state index in [9.17, 15) is 16.8 Å². The number of rotatable bonds is 22. The van der Waals surface area contributed by atoms with E-state index < -0.39 is 75.4 Å². The van der Waals surface area contributed by atoms with Gasteiger partial charge in [-0.15, -0.1) is 8.61 Å². The summed E-state index contributed by atoms with van der Waals surface area (Å²) in [5.74, 6) is -1.20. The molecular formula is C25H48F4N2O5S2. The minimum Gasteiger partial charge on any atom is -0.379 e. The zero-order chi connectivity index (χ0) is 29.1. The van der Waals surface area contributed by atoms with Crippen LogP contribution in [-0.4, -0.2) is 75.3 Å². The molecule has 0 aromatic carbocycles. The Bertz CT molecular complexity index is 829. The molecule has 0 aliphatic carbocycles. The van der Waals surface area contributed by atoms with Crippen LogP contribution in [0, 0.1) is 5.41 Å². The predicted octanol–water partition coefficient (Wildman–Crippen LogP) is 6.21. The average Bonchev–Trinajstić information content (AvgIpc) is 2.77. The second-order valence-electron chi connectivity index (χ2n) is 10.2. The molecule has 0 radical (unpaired) electrons. The lowest BCUT2D eigenvalue weighted by molar-refractivity contribution is -0.380. The number of nitrogens with zero attached hydrogens (tertiary/aromatic N) is 2. The quantitative estimate of drug-likeness (QED) is 0.0843. The number of alkyl halides is 4. The molecule has 7 nitrogen and oxygen atoms in total. The standard InChI is InChI=1S/C25H48F4N2O5S2/c1-5-9-11-13-15-17-19-37(32,33)30(7-3)24(26,27)23(21-36-22-23)25(28,29)31(8-4)38(34,35)20-18-16-14-12-10-6-2/h5-22H2,1-4H3. The molecule has 38 heavy (non-hydrogen) atoms. The number of ether oxygens (including phenoxy) is 1. The van der Waals surface area contributed by atoms with E-state index >= 15 is 17.6 Å². The van der Waals surface area contributed by atoms with Gasteiger partial charge >= 0.3 is 12.1 Å². The van der Waals surface area contributed by atoms with Gasteiger partial charge in [0, 0.05) is 13.1 Å². The van der Waals surface area contributed by atoms with Gasteiger partial charge in [0.2, 0.25) is 20.0 Å². The summed E-state index contributed by atoms with van der Waals surface area (Å²) in [5, 5.41) is 0. The van der Waals surface area contributed by atoms with Crippen molar-refractivity contribution in [2.75, 3.05) is 37.8 Å². The van der Waals surface area contributed by atoms with Crippen LogP contribution >= 0.6 is 0 Å². The monoisotopic (exact) mass is 596 g/mol. The molecule has 1 saturated heterocycles. The van der Waals surface area contributed by atoms with E-state index in [0.29, 0.717) is 12.8 Å². The zero-order valence-electron chi connectivity index (χ0n) is 23.5. The van der Waals surface area contributed by atoms with E-state index in [0.717, 1.165) is 65.2 Å². The molecule has 1 aliphatic rings. The van der Waals surface area contributed by atoms with E-state index in [1.165, 1.54) is 0 Å². The number of sulfonamides is 2. The fraction of sp³-hybridized carbons (Fsp3) is 1.00. The van der Waals surface area contributed by atoms with Gasteiger partial charge in [0.1, 0.15) is 0 Å². The van der Waals surface area contributed by atoms with E-state index in [2.05, 4.69) is 0 Å². The van der Waals surface area contributed by atoms with Gasteiger partial charge in [0.05, 0.1) is 24.7 Å². The molecule has 0 N–H and O–H groups in total. The van der Waals surface area contributed by atoms with E-state index in [1.54, 1.807) is 0 Å². The van der Waals surface area contributed by atoms with Crippen molar-refractivity contribution in [2.45, 2.75) is 117 Å². The molecule has 228 valence electrons. The third kappa shape index (κ3) is 8.27. The predicted molar refractivity (Wildman–Crippen MR) is 142 cm³/mol. The van der Waals surface area contributed by atoms with Crippen LogP contribution in [-0.2, 0) is 24.8 Å². The van der Waals surface area contributed by atoms with Crippen molar-refractivity contribution in [1.29, 1.82) is 0 Å². The van der Waals surface area contributed by atoms with Gasteiger partial charge in [0.15, 0.2) is 5.41 Å². The van der Waals surface area contributed by atoms with Crippen molar-refractivity contribution in [1.82, 2.24) is 8.61 Å². The zero-order valence-corrected chi connectivity index (χ0v) is 25.1. The van der Waals surface area contributed by atoms with Gasteiger partial charge < -0.3 is 4.74 Å². The van der Waals surface area contributed by atoms with Gasteiger partial charge in [-0.25, -0.2) is 16.8 Å². The van der Waals surface area contributed by atoms with E-state index in [-0.39, 0.29) is 21.5 Å². The smallest absolute Gasteiger partial charge is 0.334 e. The van der Waals surface area contributed by atoms with Gasteiger partial charge in [0.25, 0.3) is 0 Å². The van der Waals surface area contributed by atoms with Crippen LogP contribution in [0.1, 0.15) is 105 Å². The molecule has 0 saturated carbocycles. The summed E-state index contributed by atoms with van der Waals surface area (Å²) in [6.45, 7) is 2.56. The SMILES string of the molecule is CCCCCCCCS(=O)(=O)N(CC)C(F)(F)C1(C(F)(F)N(CC)S(=O)(=O)CCCCCCCC)COC1. The Balaban J connectivity index is 3.14. The number of halogens is 4. The Labute approximate surface area is 227 Å². The molecule has 0 bridgehead atoms. The fourth-order valence-electron chi connectivity index (χ4n) is 4.80. The molecule has 13 heteroatoms. The molecule has 1 aliphatic heterocycles. The highest BCUT2D eigenvalue weighted by Gasteiger charge is 2.78. The van der Waals surface area contributed by atoms with Crippen molar-refractivity contribution < 1.29 is 39.1 Å². The number of hydrogen-bond acceptors (Lipinski definition) is 5. The van der Waals surface area contributed by atoms with Gasteiger partial charge in [-0.05, 0) is 12.8 Å². The highest BCUT2D eigenvalue weighted by atomic mass is 32.2. The lowest BCUT2D eigenvalue weighted by Gasteiger charge is -2.54. The largest absolute Gasteiger partial charge is 0.379 e. The summed E-state index contributed by atoms with van der Waals surface area (Å²) in [5.41, 5.74) is -3.34. The van der Waals surface area contributed by atoms with Gasteiger partial charge in [-0.1, -0.05) is 91.9 Å². The van der Waals surface area contributed by atoms with Gasteiger partial charge in [-0.3, -0.25) is 0 Å². The third-order valence-electron chi connectivity index (χ3n) is 7.23. The minimum atomic E-state index is -4.61. The third-order valence-corrected chi connectivity index (χ3v) is 11.2. The maximum absolute atomic E-state index is 15.9. The van der Waals surface area contributed by atoms with Crippen molar-refractivity contribution in [3.8, 4) is 0 Å². The van der Waals surface area contributed by atoms with Crippen LogP contribution in [0.3, 0.4) is 0 Å². The lowest BCUT2D eigenvalue weighted by atomic mass is 9.80. The first kappa shape index (κ1) is 35.5. The number of hydrogen-bond donors (Lipinski definition) is 0. The van der Waals surface area contributed by atoms with Gasteiger partial charge in [-0.2, -0.15) is 17.6 Å². The molecule has 0 spiro atoms. The normalized spacial score (nSPS) is 16.8. The Morgan fingerprint density at radius 1 is 0.605 bits per heavy atom. The van der Waals surface area contributed by atoms with Crippen molar-refractivity contribution in [3.05, 3.63) is 0 Å². The van der Waals surface area contributed by atoms with E-state index in [4.69, 9.17) is 4.74 Å². The minimum absolute atomic E-state index is 0.131. The molecule has 0 atom stereocenters. The molecule has 0 unspecified atom stereocenters. The highest BCUT2D eigenvalue weighted by molar-refractivity contribution is 7.89. The van der Waals surface area contributed by atoms with Crippen LogP contribution in [0.5, 0.6) is 0 Å². The Morgan fingerprint density at radius 3 is 1.18 bits per heavy atom. The number of unbranched alkanes of at least 4 members (excludes halogenated alkanes) is 10. The van der Waals surface area contributed by atoms with Crippen molar-refractivity contribution in [2.24, 2.45) is 5.41 Å². The average molecular weight is 597 g/mol. The molecule has 1 heterocycles. The second-order valence-corrected chi connectivity index (χ2v) is 14.2. The van der Waals surface area contributed by atoms with Crippen LogP contribution in [0.25, 0.3) is 0 Å². The van der Waals surface area contributed by atoms with Crippen molar-refractivity contribution in [3.63, 3.8) is 0 Å². The Hall–Kier alpha value is -0.500. The molecular weight excluding hydrogens is 548 g/mol. The summed E-state index contributed by atoms with van der Waals surface area (Å²) in [6, 6.07) is -9.15. The van der Waals surface area contributed by atoms with Crippen LogP contribution < -0.4 is 0 Å². The van der Waals surface area contributed by atoms with Crippen LogP contribution in [0.2, 0.25) is 0 Å². The summed E-state index contributed by atoms with van der Waals surface area (Å²) >= 11 is 0. The summed E-state index contributed by atoms with van der Waals surface area (Å²) in [7, 11) is -9.22. The molecule has 1 fully saturated rings. The van der Waals surface area contributed by atoms with Crippen molar-refractivity contribution >= 4 is 20.0 Å². The Morgan fingerprint density at radius 2 is 0.921 bits per heavy atom. The summed E-state index contributed by atoms with van der Waals surface area (Å²) in [6.07, 6.45) is 8.57.